The minimum atomic E-state index is -4.25. The summed E-state index contributed by atoms with van der Waals surface area (Å²) in [6, 6.07) is 6.33. The van der Waals surface area contributed by atoms with E-state index in [1.807, 2.05) is 0 Å². The van der Waals surface area contributed by atoms with Gasteiger partial charge in [0.15, 0.2) is 5.13 Å². The summed E-state index contributed by atoms with van der Waals surface area (Å²) in [5.41, 5.74) is -3.37. The Bertz CT molecular complexity index is 549. The zero-order chi connectivity index (χ0) is 14.6. The summed E-state index contributed by atoms with van der Waals surface area (Å²) in [5, 5.41) is 4.01. The Kier molecular flexibility index (Phi) is 4.93. The highest BCUT2D eigenvalue weighted by Gasteiger charge is 2.29. The fourth-order valence-corrected chi connectivity index (χ4v) is 2.93. The Morgan fingerprint density at radius 1 is 1.25 bits per heavy atom. The van der Waals surface area contributed by atoms with Crippen LogP contribution in [-0.4, -0.2) is 17.0 Å². The van der Waals surface area contributed by atoms with E-state index >= 15 is 0 Å². The largest absolute Gasteiger partial charge is 0.446 e. The average Bonchev–Trinajstić information content (AvgIpc) is 2.84. The summed E-state index contributed by atoms with van der Waals surface area (Å²) < 4.78 is 36.7. The first-order valence-corrected chi connectivity index (χ1v) is 7.67. The van der Waals surface area contributed by atoms with Crippen molar-refractivity contribution in [2.45, 2.75) is 23.7 Å². The van der Waals surface area contributed by atoms with Gasteiger partial charge in [0.05, 0.1) is 4.88 Å². The number of thiazole rings is 1. The van der Waals surface area contributed by atoms with Crippen LogP contribution in [-0.2, 0) is 0 Å². The molecule has 0 radical (unpaired) electrons. The Morgan fingerprint density at radius 2 is 1.95 bits per heavy atom. The van der Waals surface area contributed by atoms with E-state index in [-0.39, 0.29) is 16.7 Å². The number of nitrogens with one attached hydrogen (secondary N) is 1. The molecule has 0 saturated heterocycles. The molecule has 2 aromatic rings. The molecule has 0 saturated carbocycles. The van der Waals surface area contributed by atoms with Gasteiger partial charge in [-0.15, -0.1) is 0 Å². The zero-order valence-corrected chi connectivity index (χ0v) is 12.3. The number of hydrogen-bond donors (Lipinski definition) is 1. The van der Waals surface area contributed by atoms with E-state index in [9.17, 15) is 13.2 Å². The van der Waals surface area contributed by atoms with Gasteiger partial charge in [-0.3, -0.25) is 0 Å². The molecule has 1 heterocycles. The maximum Gasteiger partial charge on any atom is 0.446 e. The van der Waals surface area contributed by atoms with Gasteiger partial charge in [0, 0.05) is 17.6 Å². The van der Waals surface area contributed by atoms with Crippen molar-refractivity contribution in [3.8, 4) is 10.4 Å². The lowest BCUT2D eigenvalue weighted by atomic mass is 10.2. The molecule has 0 aliphatic heterocycles. The summed E-state index contributed by atoms with van der Waals surface area (Å²) >= 11 is 1.39. The minimum absolute atomic E-state index is 0.104. The number of nitrogens with zero attached hydrogens (tertiary/aromatic N) is 1. The molecule has 0 spiro atoms. The number of rotatable bonds is 5. The van der Waals surface area contributed by atoms with Gasteiger partial charge in [0.2, 0.25) is 0 Å². The highest BCUT2D eigenvalue weighted by molar-refractivity contribution is 8.00. The Balaban J connectivity index is 2.07. The molecule has 7 heteroatoms. The van der Waals surface area contributed by atoms with Crippen molar-refractivity contribution in [2.24, 2.45) is 0 Å². The van der Waals surface area contributed by atoms with E-state index in [1.54, 1.807) is 18.3 Å². The second kappa shape index (κ2) is 6.49. The van der Waals surface area contributed by atoms with Crippen molar-refractivity contribution in [3.63, 3.8) is 0 Å². The number of hydrogen-bond acceptors (Lipinski definition) is 4. The fourth-order valence-electron chi connectivity index (χ4n) is 1.54. The van der Waals surface area contributed by atoms with E-state index in [4.69, 9.17) is 0 Å². The number of benzene rings is 1. The molecule has 1 N–H and O–H groups in total. The molecule has 0 aliphatic carbocycles. The average molecular weight is 318 g/mol. The molecular formula is C13H13F3N2S2. The molecule has 2 rings (SSSR count). The van der Waals surface area contributed by atoms with Crippen LogP contribution in [0.15, 0.2) is 35.4 Å². The van der Waals surface area contributed by atoms with Gasteiger partial charge in [0.25, 0.3) is 0 Å². The standard InChI is InChI=1S/C13H13F3N2S2/c1-2-7-17-12-18-8-11(19-12)9-3-5-10(6-4-9)20-13(14,15)16/h3-6,8H,2,7H2,1H3,(H,17,18). The highest BCUT2D eigenvalue weighted by Crippen LogP contribution is 2.38. The third-order valence-corrected chi connectivity index (χ3v) is 4.15. The molecule has 0 bridgehead atoms. The molecule has 1 aromatic heterocycles. The summed E-state index contributed by atoms with van der Waals surface area (Å²) in [4.78, 5) is 5.36. The SMILES string of the molecule is CCCNc1ncc(-c2ccc(SC(F)(F)F)cc2)s1. The van der Waals surface area contributed by atoms with E-state index in [0.717, 1.165) is 28.5 Å². The molecule has 1 aromatic carbocycles. The first kappa shape index (κ1) is 15.2. The van der Waals surface area contributed by atoms with Crippen LogP contribution in [0.2, 0.25) is 0 Å². The minimum Gasteiger partial charge on any atom is -0.362 e. The normalized spacial score (nSPS) is 11.6. The van der Waals surface area contributed by atoms with Crippen molar-refractivity contribution < 1.29 is 13.2 Å². The van der Waals surface area contributed by atoms with Gasteiger partial charge in [-0.1, -0.05) is 30.4 Å². The molecule has 0 fully saturated rings. The van der Waals surface area contributed by atoms with Crippen LogP contribution in [0.25, 0.3) is 10.4 Å². The van der Waals surface area contributed by atoms with Crippen molar-refractivity contribution >= 4 is 28.2 Å². The van der Waals surface area contributed by atoms with E-state index in [1.165, 1.54) is 23.5 Å². The van der Waals surface area contributed by atoms with Crippen LogP contribution in [0.3, 0.4) is 0 Å². The second-order valence-electron chi connectivity index (χ2n) is 4.03. The van der Waals surface area contributed by atoms with Crippen LogP contribution in [0, 0.1) is 0 Å². The lowest BCUT2D eigenvalue weighted by Gasteiger charge is -2.05. The summed E-state index contributed by atoms with van der Waals surface area (Å²) in [6.45, 7) is 2.92. The topological polar surface area (TPSA) is 24.9 Å². The monoisotopic (exact) mass is 318 g/mol. The van der Waals surface area contributed by atoms with Crippen LogP contribution in [0.4, 0.5) is 18.3 Å². The van der Waals surface area contributed by atoms with Crippen LogP contribution < -0.4 is 5.32 Å². The number of thioether (sulfide) groups is 1. The molecule has 0 amide bonds. The Labute approximate surface area is 123 Å². The predicted octanol–water partition coefficient (Wildman–Crippen LogP) is 5.24. The van der Waals surface area contributed by atoms with Gasteiger partial charge < -0.3 is 5.32 Å². The quantitative estimate of drug-likeness (QED) is 0.763. The highest BCUT2D eigenvalue weighted by atomic mass is 32.2. The maximum atomic E-state index is 12.2. The maximum absolute atomic E-state index is 12.2. The molecular weight excluding hydrogens is 305 g/mol. The number of halogens is 3. The molecule has 0 atom stereocenters. The van der Waals surface area contributed by atoms with E-state index in [2.05, 4.69) is 17.2 Å². The van der Waals surface area contributed by atoms with Crippen LogP contribution >= 0.6 is 23.1 Å². The first-order valence-electron chi connectivity index (χ1n) is 6.04. The van der Waals surface area contributed by atoms with Gasteiger partial charge in [-0.2, -0.15) is 13.2 Å². The molecule has 20 heavy (non-hydrogen) atoms. The molecule has 0 aliphatic rings. The van der Waals surface area contributed by atoms with E-state index in [0.29, 0.717) is 0 Å². The molecule has 108 valence electrons. The Hall–Kier alpha value is -1.21. The summed E-state index contributed by atoms with van der Waals surface area (Å²) in [5.74, 6) is 0. The second-order valence-corrected chi connectivity index (χ2v) is 6.20. The fraction of sp³-hybridized carbons (Fsp3) is 0.308. The summed E-state index contributed by atoms with van der Waals surface area (Å²) in [7, 11) is 0. The summed E-state index contributed by atoms with van der Waals surface area (Å²) in [6.07, 6.45) is 2.74. The van der Waals surface area contributed by atoms with Crippen molar-refractivity contribution in [3.05, 3.63) is 30.5 Å². The molecule has 2 nitrogen and oxygen atoms in total. The smallest absolute Gasteiger partial charge is 0.362 e. The van der Waals surface area contributed by atoms with Crippen LogP contribution in [0.5, 0.6) is 0 Å². The third-order valence-electron chi connectivity index (χ3n) is 2.40. The van der Waals surface area contributed by atoms with E-state index < -0.39 is 5.51 Å². The Morgan fingerprint density at radius 3 is 2.55 bits per heavy atom. The van der Waals surface area contributed by atoms with Crippen molar-refractivity contribution in [2.75, 3.05) is 11.9 Å². The van der Waals surface area contributed by atoms with Crippen molar-refractivity contribution in [1.29, 1.82) is 0 Å². The van der Waals surface area contributed by atoms with Gasteiger partial charge >= 0.3 is 5.51 Å². The number of alkyl halides is 3. The van der Waals surface area contributed by atoms with Crippen LogP contribution in [0.1, 0.15) is 13.3 Å². The lowest BCUT2D eigenvalue weighted by molar-refractivity contribution is -0.0328. The number of anilines is 1. The lowest BCUT2D eigenvalue weighted by Crippen LogP contribution is -1.98. The van der Waals surface area contributed by atoms with Gasteiger partial charge in [-0.05, 0) is 35.9 Å². The van der Waals surface area contributed by atoms with Crippen molar-refractivity contribution in [1.82, 2.24) is 4.98 Å². The molecule has 0 unspecified atom stereocenters. The first-order chi connectivity index (χ1) is 9.48. The zero-order valence-electron chi connectivity index (χ0n) is 10.7. The third kappa shape index (κ3) is 4.42. The number of aromatic nitrogens is 1. The van der Waals surface area contributed by atoms with Gasteiger partial charge in [0.1, 0.15) is 0 Å². The predicted molar refractivity (Wildman–Crippen MR) is 78.2 cm³/mol. The van der Waals surface area contributed by atoms with Gasteiger partial charge in [-0.25, -0.2) is 4.98 Å².